The summed E-state index contributed by atoms with van der Waals surface area (Å²) >= 11 is 3.24. The molecule has 0 bridgehead atoms. The van der Waals surface area contributed by atoms with Gasteiger partial charge in [0.15, 0.2) is 5.54 Å². The first-order valence-electron chi connectivity index (χ1n) is 7.70. The summed E-state index contributed by atoms with van der Waals surface area (Å²) in [6.07, 6.45) is 0.590. The Labute approximate surface area is 151 Å². The molecule has 0 aromatic carbocycles. The fourth-order valence-electron chi connectivity index (χ4n) is 1.75. The van der Waals surface area contributed by atoms with E-state index in [1.807, 2.05) is 0 Å². The topological polar surface area (TPSA) is 93.1 Å². The monoisotopic (exact) mass is 409 g/mol. The summed E-state index contributed by atoms with van der Waals surface area (Å²) in [7, 11) is 0. The fourth-order valence-corrected chi connectivity index (χ4v) is 2.03. The molecular formula is C16H28BrNO6. The van der Waals surface area contributed by atoms with Crippen LogP contribution in [0.3, 0.4) is 0 Å². The van der Waals surface area contributed by atoms with E-state index in [-0.39, 0.29) is 6.42 Å². The van der Waals surface area contributed by atoms with Gasteiger partial charge in [0.25, 0.3) is 0 Å². The molecule has 0 radical (unpaired) electrons. The molecule has 24 heavy (non-hydrogen) atoms. The zero-order valence-electron chi connectivity index (χ0n) is 15.4. The van der Waals surface area contributed by atoms with Crippen molar-refractivity contribution in [3.05, 3.63) is 0 Å². The molecular weight excluding hydrogens is 382 g/mol. The van der Waals surface area contributed by atoms with E-state index in [1.165, 1.54) is 6.92 Å². The molecule has 1 atom stereocenters. The average molecular weight is 410 g/mol. The second-order valence-electron chi connectivity index (χ2n) is 7.68. The van der Waals surface area contributed by atoms with Crippen LogP contribution in [0.5, 0.6) is 0 Å². The maximum Gasteiger partial charge on any atom is 0.399 e. The predicted octanol–water partition coefficient (Wildman–Crippen LogP) is 2.91. The number of ether oxygens (including phenoxy) is 1. The molecule has 0 aliphatic heterocycles. The Kier molecular flexibility index (Phi) is 7.89. The molecule has 0 fully saturated rings. The minimum atomic E-state index is -1.70. The van der Waals surface area contributed by atoms with Crippen molar-refractivity contribution in [2.75, 3.05) is 5.33 Å². The van der Waals surface area contributed by atoms with Gasteiger partial charge < -0.3 is 9.84 Å². The van der Waals surface area contributed by atoms with Crippen LogP contribution in [0.25, 0.3) is 0 Å². The van der Waals surface area contributed by atoms with E-state index in [1.54, 1.807) is 41.5 Å². The SMILES string of the molecule is CC(C)(C)OC(=O)C(=O)N(OC(C)(C)C)[C@@](C)(CCCBr)C(=O)O. The highest BCUT2D eigenvalue weighted by Crippen LogP contribution is 2.27. The number of carbonyl (C=O) groups excluding carboxylic acids is 2. The van der Waals surface area contributed by atoms with Gasteiger partial charge in [-0.1, -0.05) is 15.9 Å². The number of carboxylic acid groups (broad SMARTS) is 1. The van der Waals surface area contributed by atoms with E-state index in [9.17, 15) is 19.5 Å². The van der Waals surface area contributed by atoms with Crippen molar-refractivity contribution in [3.63, 3.8) is 0 Å². The number of hydrogen-bond acceptors (Lipinski definition) is 5. The molecule has 0 saturated carbocycles. The van der Waals surface area contributed by atoms with Crippen molar-refractivity contribution >= 4 is 33.8 Å². The average Bonchev–Trinajstić information content (AvgIpc) is 2.38. The number of hydroxylamine groups is 2. The van der Waals surface area contributed by atoms with Crippen LogP contribution in [0.2, 0.25) is 0 Å². The number of esters is 1. The van der Waals surface area contributed by atoms with E-state index in [0.29, 0.717) is 16.8 Å². The Balaban J connectivity index is 5.76. The quantitative estimate of drug-likeness (QED) is 0.313. The summed E-state index contributed by atoms with van der Waals surface area (Å²) in [5.74, 6) is -3.55. The molecule has 0 aromatic heterocycles. The highest BCUT2D eigenvalue weighted by molar-refractivity contribution is 9.09. The van der Waals surface area contributed by atoms with E-state index in [4.69, 9.17) is 9.57 Å². The first-order valence-corrected chi connectivity index (χ1v) is 8.82. The molecule has 0 unspecified atom stereocenters. The van der Waals surface area contributed by atoms with E-state index < -0.39 is 34.6 Å². The Morgan fingerprint density at radius 3 is 1.83 bits per heavy atom. The molecule has 8 heteroatoms. The smallest absolute Gasteiger partial charge is 0.399 e. The van der Waals surface area contributed by atoms with Crippen molar-refractivity contribution < 1.29 is 29.1 Å². The van der Waals surface area contributed by atoms with Crippen molar-refractivity contribution in [2.24, 2.45) is 0 Å². The number of hydrogen-bond donors (Lipinski definition) is 1. The summed E-state index contributed by atoms with van der Waals surface area (Å²) in [5.41, 5.74) is -3.45. The largest absolute Gasteiger partial charge is 0.479 e. The standard InChI is InChI=1S/C16H28BrNO6/c1-14(2,3)23-12(20)11(19)18(24-15(4,5)6)16(7,13(21)22)9-8-10-17/h8-10H2,1-7H3,(H,21,22)/t16-/m0/s1. The third-order valence-electron chi connectivity index (χ3n) is 2.83. The maximum absolute atomic E-state index is 12.6. The van der Waals surface area contributed by atoms with Crippen molar-refractivity contribution in [1.82, 2.24) is 5.06 Å². The molecule has 0 spiro atoms. The van der Waals surface area contributed by atoms with Gasteiger partial charge in [-0.25, -0.2) is 9.59 Å². The molecule has 0 aliphatic rings. The van der Waals surface area contributed by atoms with Gasteiger partial charge in [-0.2, -0.15) is 5.06 Å². The van der Waals surface area contributed by atoms with Gasteiger partial charge >= 0.3 is 17.8 Å². The summed E-state index contributed by atoms with van der Waals surface area (Å²) in [6, 6.07) is 0. The van der Waals surface area contributed by atoms with Crippen LogP contribution in [-0.4, -0.2) is 50.1 Å². The van der Waals surface area contributed by atoms with Gasteiger partial charge in [-0.05, 0) is 61.3 Å². The van der Waals surface area contributed by atoms with Crippen LogP contribution in [0, 0.1) is 0 Å². The fraction of sp³-hybridized carbons (Fsp3) is 0.812. The number of aliphatic carboxylic acids is 1. The summed E-state index contributed by atoms with van der Waals surface area (Å²) in [4.78, 5) is 42.1. The molecule has 0 heterocycles. The van der Waals surface area contributed by atoms with Crippen LogP contribution in [-0.2, 0) is 24.0 Å². The lowest BCUT2D eigenvalue weighted by Gasteiger charge is -2.39. The zero-order chi connectivity index (χ0) is 19.3. The summed E-state index contributed by atoms with van der Waals surface area (Å²) in [5, 5.41) is 10.8. The van der Waals surface area contributed by atoms with Gasteiger partial charge in [0.2, 0.25) is 0 Å². The first-order chi connectivity index (χ1) is 10.6. The number of carboxylic acids is 1. The lowest BCUT2D eigenvalue weighted by Crippen LogP contribution is -2.59. The molecule has 140 valence electrons. The van der Waals surface area contributed by atoms with Crippen LogP contribution in [0.4, 0.5) is 0 Å². The molecule has 0 rings (SSSR count). The lowest BCUT2D eigenvalue weighted by atomic mass is 9.95. The lowest BCUT2D eigenvalue weighted by molar-refractivity contribution is -0.264. The van der Waals surface area contributed by atoms with Crippen LogP contribution in [0.15, 0.2) is 0 Å². The molecule has 0 aromatic rings. The van der Waals surface area contributed by atoms with Crippen LogP contribution >= 0.6 is 15.9 Å². The van der Waals surface area contributed by atoms with Gasteiger partial charge in [0.05, 0.1) is 5.60 Å². The Bertz CT molecular complexity index is 480. The van der Waals surface area contributed by atoms with Crippen LogP contribution in [0.1, 0.15) is 61.3 Å². The molecule has 1 amide bonds. The van der Waals surface area contributed by atoms with E-state index in [0.717, 1.165) is 0 Å². The minimum Gasteiger partial charge on any atom is -0.479 e. The van der Waals surface area contributed by atoms with Crippen molar-refractivity contribution in [2.45, 2.75) is 78.0 Å². The normalized spacial score (nSPS) is 14.7. The number of halogens is 1. The van der Waals surface area contributed by atoms with Gasteiger partial charge in [-0.15, -0.1) is 0 Å². The Morgan fingerprint density at radius 2 is 1.50 bits per heavy atom. The highest BCUT2D eigenvalue weighted by Gasteiger charge is 2.48. The minimum absolute atomic E-state index is 0.109. The van der Waals surface area contributed by atoms with Gasteiger partial charge in [0, 0.05) is 5.33 Å². The maximum atomic E-state index is 12.6. The second-order valence-corrected chi connectivity index (χ2v) is 8.47. The number of nitrogens with zero attached hydrogens (tertiary/aromatic N) is 1. The molecule has 7 nitrogen and oxygen atoms in total. The second kappa shape index (κ2) is 8.29. The first kappa shape index (κ1) is 22.9. The Hall–Kier alpha value is -1.15. The van der Waals surface area contributed by atoms with E-state index >= 15 is 0 Å². The number of carbonyl (C=O) groups is 3. The third-order valence-corrected chi connectivity index (χ3v) is 3.39. The molecule has 1 N–H and O–H groups in total. The summed E-state index contributed by atoms with van der Waals surface area (Å²) < 4.78 is 5.06. The van der Waals surface area contributed by atoms with Crippen LogP contribution < -0.4 is 0 Å². The number of amides is 1. The van der Waals surface area contributed by atoms with Gasteiger partial charge in [0.1, 0.15) is 5.60 Å². The third kappa shape index (κ3) is 7.17. The zero-order valence-corrected chi connectivity index (χ0v) is 17.0. The highest BCUT2D eigenvalue weighted by atomic mass is 79.9. The van der Waals surface area contributed by atoms with Crippen molar-refractivity contribution in [1.29, 1.82) is 0 Å². The predicted molar refractivity (Wildman–Crippen MR) is 92.6 cm³/mol. The number of alkyl halides is 1. The molecule has 0 saturated heterocycles. The van der Waals surface area contributed by atoms with Crippen molar-refractivity contribution in [3.8, 4) is 0 Å². The summed E-state index contributed by atoms with van der Waals surface area (Å²) in [6.45, 7) is 11.2. The Morgan fingerprint density at radius 1 is 1.00 bits per heavy atom. The van der Waals surface area contributed by atoms with E-state index in [2.05, 4.69) is 15.9 Å². The number of rotatable bonds is 6. The van der Waals surface area contributed by atoms with Gasteiger partial charge in [-0.3, -0.25) is 9.63 Å². The molecule has 0 aliphatic carbocycles.